The molecule has 1 atom stereocenters. The average Bonchev–Trinajstić information content (AvgIpc) is 2.91. The molecule has 5 heteroatoms. The minimum Gasteiger partial charge on any atom is -0.368 e. The van der Waals surface area contributed by atoms with E-state index < -0.39 is 6.10 Å². The summed E-state index contributed by atoms with van der Waals surface area (Å²) in [5.74, 6) is -0.394. The first-order valence-corrected chi connectivity index (χ1v) is 7.21. The third-order valence-corrected chi connectivity index (χ3v) is 3.14. The van der Waals surface area contributed by atoms with Gasteiger partial charge in [0.05, 0.1) is 11.3 Å². The highest BCUT2D eigenvalue weighted by atomic mass is 16.5. The summed E-state index contributed by atoms with van der Waals surface area (Å²) in [6.07, 6.45) is 1.20. The van der Waals surface area contributed by atoms with Crippen molar-refractivity contribution in [2.24, 2.45) is 0 Å². The van der Waals surface area contributed by atoms with Gasteiger partial charge in [0.15, 0.2) is 0 Å². The number of hydrogen-bond donors (Lipinski definition) is 2. The van der Waals surface area contributed by atoms with Crippen molar-refractivity contribution in [1.29, 1.82) is 0 Å². The van der Waals surface area contributed by atoms with Crippen molar-refractivity contribution in [3.05, 3.63) is 29.8 Å². The van der Waals surface area contributed by atoms with E-state index in [1.54, 1.807) is 24.3 Å². The number of nitrogens with one attached hydrogen (secondary N) is 2. The summed E-state index contributed by atoms with van der Waals surface area (Å²) >= 11 is 0. The summed E-state index contributed by atoms with van der Waals surface area (Å²) < 4.78 is 5.36. The topological polar surface area (TPSA) is 67.4 Å². The molecule has 0 radical (unpaired) electrons. The molecule has 1 aromatic carbocycles. The lowest BCUT2D eigenvalue weighted by atomic mass is 10.1. The number of hydrogen-bond acceptors (Lipinski definition) is 3. The number of benzene rings is 1. The Morgan fingerprint density at radius 3 is 2.57 bits per heavy atom. The van der Waals surface area contributed by atoms with E-state index in [2.05, 4.69) is 10.6 Å². The van der Waals surface area contributed by atoms with Gasteiger partial charge in [-0.3, -0.25) is 9.59 Å². The molecule has 2 rings (SSSR count). The number of rotatable bonds is 3. The van der Waals surface area contributed by atoms with E-state index in [1.165, 1.54) is 0 Å². The lowest BCUT2D eigenvalue weighted by Gasteiger charge is -2.21. The molecule has 0 bridgehead atoms. The van der Waals surface area contributed by atoms with Gasteiger partial charge in [0.25, 0.3) is 11.8 Å². The van der Waals surface area contributed by atoms with Crippen LogP contribution in [-0.4, -0.2) is 30.1 Å². The largest absolute Gasteiger partial charge is 0.368 e. The molecule has 1 saturated heterocycles. The minimum absolute atomic E-state index is 0.191. The number of carbonyl (C=O) groups is 2. The van der Waals surface area contributed by atoms with Crippen molar-refractivity contribution >= 4 is 17.5 Å². The van der Waals surface area contributed by atoms with Gasteiger partial charge in [0, 0.05) is 12.1 Å². The summed E-state index contributed by atoms with van der Waals surface area (Å²) in [5.41, 5.74) is 0.640. The van der Waals surface area contributed by atoms with Crippen LogP contribution >= 0.6 is 0 Å². The third kappa shape index (κ3) is 4.29. The first kappa shape index (κ1) is 15.5. The van der Waals surface area contributed by atoms with Crippen molar-refractivity contribution < 1.29 is 14.3 Å². The van der Waals surface area contributed by atoms with Crippen LogP contribution in [0.5, 0.6) is 0 Å². The van der Waals surface area contributed by atoms with Crippen molar-refractivity contribution in [1.82, 2.24) is 5.32 Å². The minimum atomic E-state index is -0.413. The average molecular weight is 290 g/mol. The van der Waals surface area contributed by atoms with Crippen LogP contribution in [0.15, 0.2) is 24.3 Å². The maximum atomic E-state index is 12.3. The van der Waals surface area contributed by atoms with Crippen LogP contribution in [-0.2, 0) is 9.53 Å². The molecule has 0 spiro atoms. The van der Waals surface area contributed by atoms with Crippen LogP contribution in [0.25, 0.3) is 0 Å². The molecule has 21 heavy (non-hydrogen) atoms. The standard InChI is InChI=1S/C16H22N2O3/c1-16(2,3)18-14(19)11-7-4-5-8-12(11)17-15(20)13-9-6-10-21-13/h4-5,7-8,13H,6,9-10H2,1-3H3,(H,17,20)(H,18,19)/t13-/m1/s1. The van der Waals surface area contributed by atoms with Gasteiger partial charge in [-0.1, -0.05) is 12.1 Å². The van der Waals surface area contributed by atoms with Crippen molar-refractivity contribution in [3.8, 4) is 0 Å². The van der Waals surface area contributed by atoms with Gasteiger partial charge in [0.1, 0.15) is 6.10 Å². The number of amides is 2. The number of para-hydroxylation sites is 1. The molecule has 1 aliphatic rings. The molecular weight excluding hydrogens is 268 g/mol. The Balaban J connectivity index is 2.13. The molecule has 0 saturated carbocycles. The molecule has 1 aliphatic heterocycles. The summed E-state index contributed by atoms with van der Waals surface area (Å²) in [7, 11) is 0. The smallest absolute Gasteiger partial charge is 0.253 e. The fourth-order valence-corrected chi connectivity index (χ4v) is 2.20. The summed E-state index contributed by atoms with van der Waals surface area (Å²) in [5, 5.41) is 5.69. The maximum absolute atomic E-state index is 12.3. The van der Waals surface area contributed by atoms with Crippen LogP contribution < -0.4 is 10.6 Å². The number of ether oxygens (including phenoxy) is 1. The van der Waals surface area contributed by atoms with E-state index in [0.717, 1.165) is 12.8 Å². The van der Waals surface area contributed by atoms with E-state index in [9.17, 15) is 9.59 Å². The highest BCUT2D eigenvalue weighted by Gasteiger charge is 2.25. The van der Waals surface area contributed by atoms with Gasteiger partial charge in [-0.05, 0) is 45.7 Å². The van der Waals surface area contributed by atoms with Gasteiger partial charge in [0.2, 0.25) is 0 Å². The third-order valence-electron chi connectivity index (χ3n) is 3.14. The lowest BCUT2D eigenvalue weighted by molar-refractivity contribution is -0.124. The second kappa shape index (κ2) is 6.26. The molecule has 2 amide bonds. The van der Waals surface area contributed by atoms with Gasteiger partial charge in [-0.25, -0.2) is 0 Å². The van der Waals surface area contributed by atoms with Crippen molar-refractivity contribution in [3.63, 3.8) is 0 Å². The first-order chi connectivity index (χ1) is 9.87. The molecule has 1 aromatic rings. The SMILES string of the molecule is CC(C)(C)NC(=O)c1ccccc1NC(=O)[C@H]1CCCO1. The molecule has 1 fully saturated rings. The van der Waals surface area contributed by atoms with Gasteiger partial charge >= 0.3 is 0 Å². The van der Waals surface area contributed by atoms with E-state index in [-0.39, 0.29) is 17.4 Å². The second-order valence-corrected chi connectivity index (χ2v) is 6.24. The Hall–Kier alpha value is -1.88. The second-order valence-electron chi connectivity index (χ2n) is 6.24. The molecule has 0 aliphatic carbocycles. The Morgan fingerprint density at radius 2 is 1.95 bits per heavy atom. The molecule has 114 valence electrons. The van der Waals surface area contributed by atoms with Crippen LogP contribution in [0.3, 0.4) is 0 Å². The highest BCUT2D eigenvalue weighted by molar-refractivity contribution is 6.04. The van der Waals surface area contributed by atoms with Crippen LogP contribution in [0.4, 0.5) is 5.69 Å². The summed E-state index contributed by atoms with van der Waals surface area (Å²) in [6.45, 7) is 6.36. The monoisotopic (exact) mass is 290 g/mol. The zero-order valence-corrected chi connectivity index (χ0v) is 12.7. The van der Waals surface area contributed by atoms with Crippen molar-refractivity contribution in [2.75, 3.05) is 11.9 Å². The molecule has 0 aromatic heterocycles. The van der Waals surface area contributed by atoms with E-state index in [1.807, 2.05) is 20.8 Å². The fourth-order valence-electron chi connectivity index (χ4n) is 2.20. The Bertz CT molecular complexity index is 529. The summed E-state index contributed by atoms with van der Waals surface area (Å²) in [4.78, 5) is 24.4. The highest BCUT2D eigenvalue weighted by Crippen LogP contribution is 2.19. The number of anilines is 1. The molecule has 5 nitrogen and oxygen atoms in total. The van der Waals surface area contributed by atoms with E-state index in [0.29, 0.717) is 17.9 Å². The van der Waals surface area contributed by atoms with Crippen molar-refractivity contribution in [2.45, 2.75) is 45.3 Å². The molecule has 2 N–H and O–H groups in total. The number of carbonyl (C=O) groups excluding carboxylic acids is 2. The zero-order chi connectivity index (χ0) is 15.5. The summed E-state index contributed by atoms with van der Waals surface area (Å²) in [6, 6.07) is 6.99. The normalized spacial score (nSPS) is 18.3. The predicted octanol–water partition coefficient (Wildman–Crippen LogP) is 2.33. The van der Waals surface area contributed by atoms with Gasteiger partial charge < -0.3 is 15.4 Å². The van der Waals surface area contributed by atoms with E-state index >= 15 is 0 Å². The molecule has 1 heterocycles. The quantitative estimate of drug-likeness (QED) is 0.898. The van der Waals surface area contributed by atoms with Gasteiger partial charge in [-0.15, -0.1) is 0 Å². The van der Waals surface area contributed by atoms with E-state index in [4.69, 9.17) is 4.74 Å². The van der Waals surface area contributed by atoms with Crippen LogP contribution in [0, 0.1) is 0 Å². The zero-order valence-electron chi connectivity index (χ0n) is 12.7. The van der Waals surface area contributed by atoms with Crippen LogP contribution in [0.1, 0.15) is 44.0 Å². The first-order valence-electron chi connectivity index (χ1n) is 7.21. The molecular formula is C16H22N2O3. The van der Waals surface area contributed by atoms with Gasteiger partial charge in [-0.2, -0.15) is 0 Å². The molecule has 0 unspecified atom stereocenters. The fraction of sp³-hybridized carbons (Fsp3) is 0.500. The predicted molar refractivity (Wildman–Crippen MR) is 81.3 cm³/mol. The Kier molecular flexibility index (Phi) is 4.63. The Morgan fingerprint density at radius 1 is 1.24 bits per heavy atom. The Labute approximate surface area is 125 Å². The lowest BCUT2D eigenvalue weighted by Crippen LogP contribution is -2.41. The van der Waals surface area contributed by atoms with Crippen LogP contribution in [0.2, 0.25) is 0 Å². The maximum Gasteiger partial charge on any atom is 0.253 e.